The van der Waals surface area contributed by atoms with Gasteiger partial charge in [0, 0.05) is 17.5 Å². The zero-order valence-corrected chi connectivity index (χ0v) is 17.5. The summed E-state index contributed by atoms with van der Waals surface area (Å²) in [6.07, 6.45) is 0. The van der Waals surface area contributed by atoms with E-state index in [0.29, 0.717) is 22.8 Å². The highest BCUT2D eigenvalue weighted by Gasteiger charge is 2.21. The van der Waals surface area contributed by atoms with E-state index in [2.05, 4.69) is 10.3 Å². The fourth-order valence-electron chi connectivity index (χ4n) is 3.33. The van der Waals surface area contributed by atoms with E-state index in [1.54, 1.807) is 0 Å². The highest BCUT2D eigenvalue weighted by molar-refractivity contribution is 7.17. The number of hydrogen-bond acceptors (Lipinski definition) is 5. The molecule has 2 aromatic carbocycles. The molecule has 8 heteroatoms. The van der Waals surface area contributed by atoms with Crippen LogP contribution in [0.4, 0.5) is 0 Å². The lowest BCUT2D eigenvalue weighted by Crippen LogP contribution is -2.33. The predicted molar refractivity (Wildman–Crippen MR) is 119 cm³/mol. The Morgan fingerprint density at radius 1 is 1.13 bits per heavy atom. The lowest BCUT2D eigenvalue weighted by Gasteiger charge is -2.13. The zero-order chi connectivity index (χ0) is 22.0. The molecule has 0 saturated carbocycles. The lowest BCUT2D eigenvalue weighted by atomic mass is 10.1. The van der Waals surface area contributed by atoms with Crippen molar-refractivity contribution in [2.24, 2.45) is 0 Å². The Morgan fingerprint density at radius 3 is 2.61 bits per heavy atom. The first-order valence-electron chi connectivity index (χ1n) is 9.57. The Labute approximate surface area is 181 Å². The molecule has 0 unspecified atom stereocenters. The molecule has 0 bridgehead atoms. The van der Waals surface area contributed by atoms with Crippen LogP contribution in [0, 0.1) is 6.92 Å². The van der Waals surface area contributed by atoms with Crippen LogP contribution in [0.1, 0.15) is 21.5 Å². The third-order valence-electron chi connectivity index (χ3n) is 4.83. The van der Waals surface area contributed by atoms with Crippen LogP contribution in [-0.2, 0) is 17.9 Å². The molecule has 0 spiro atoms. The quantitative estimate of drug-likeness (QED) is 0.485. The number of thiophene rings is 1. The predicted octanol–water partition coefficient (Wildman–Crippen LogP) is 3.45. The number of nitrogens with zero attached hydrogens (tertiary/aromatic N) is 2. The van der Waals surface area contributed by atoms with Crippen LogP contribution < -0.4 is 10.9 Å². The van der Waals surface area contributed by atoms with E-state index < -0.39 is 11.5 Å². The normalized spacial score (nSPS) is 10.9. The molecule has 7 nitrogen and oxygen atoms in total. The van der Waals surface area contributed by atoms with Crippen molar-refractivity contribution in [2.45, 2.75) is 20.0 Å². The number of aromatic nitrogens is 2. The molecule has 2 N–H and O–H groups in total. The molecular weight excluding hydrogens is 414 g/mol. The number of carboxylic acids is 1. The van der Waals surface area contributed by atoms with Gasteiger partial charge in [-0.25, -0.2) is 9.78 Å². The van der Waals surface area contributed by atoms with E-state index in [0.717, 1.165) is 22.5 Å². The second-order valence-corrected chi connectivity index (χ2v) is 7.95. The first kappa shape index (κ1) is 20.5. The molecule has 0 saturated heterocycles. The number of nitrogens with one attached hydrogen (secondary N) is 1. The molecule has 4 aromatic rings. The molecule has 2 heterocycles. The Morgan fingerprint density at radius 2 is 1.90 bits per heavy atom. The molecule has 1 amide bonds. The molecule has 156 valence electrons. The maximum absolute atomic E-state index is 13.3. The molecule has 2 aromatic heterocycles. The van der Waals surface area contributed by atoms with Gasteiger partial charge in [-0.15, -0.1) is 11.3 Å². The van der Waals surface area contributed by atoms with Crippen molar-refractivity contribution in [3.63, 3.8) is 0 Å². The van der Waals surface area contributed by atoms with E-state index in [9.17, 15) is 19.5 Å². The number of hydrogen-bond donors (Lipinski definition) is 2. The maximum Gasteiger partial charge on any atom is 0.337 e. The Kier molecular flexibility index (Phi) is 5.64. The minimum absolute atomic E-state index is 0.0183. The van der Waals surface area contributed by atoms with Crippen LogP contribution in [0.15, 0.2) is 64.8 Å². The Hall–Kier alpha value is -3.78. The second kappa shape index (κ2) is 8.53. The monoisotopic (exact) mass is 433 g/mol. The third-order valence-corrected chi connectivity index (χ3v) is 5.71. The summed E-state index contributed by atoms with van der Waals surface area (Å²) in [5.41, 5.74) is 1.94. The molecule has 4 rings (SSSR count). The van der Waals surface area contributed by atoms with Crippen molar-refractivity contribution in [3.05, 3.63) is 87.0 Å². The van der Waals surface area contributed by atoms with E-state index >= 15 is 0 Å². The summed E-state index contributed by atoms with van der Waals surface area (Å²) in [7, 11) is 0. The van der Waals surface area contributed by atoms with E-state index in [-0.39, 0.29) is 23.4 Å². The molecule has 31 heavy (non-hydrogen) atoms. The average molecular weight is 433 g/mol. The van der Waals surface area contributed by atoms with Crippen molar-refractivity contribution in [1.82, 2.24) is 14.9 Å². The van der Waals surface area contributed by atoms with Crippen molar-refractivity contribution in [2.75, 3.05) is 0 Å². The summed E-state index contributed by atoms with van der Waals surface area (Å²) in [5.74, 6) is -1.24. The topological polar surface area (TPSA) is 101 Å². The van der Waals surface area contributed by atoms with Crippen molar-refractivity contribution >= 4 is 33.4 Å². The highest BCUT2D eigenvalue weighted by atomic mass is 32.1. The van der Waals surface area contributed by atoms with Gasteiger partial charge in [-0.3, -0.25) is 14.2 Å². The lowest BCUT2D eigenvalue weighted by molar-refractivity contribution is -0.121. The summed E-state index contributed by atoms with van der Waals surface area (Å²) < 4.78 is 1.25. The molecule has 0 fully saturated rings. The van der Waals surface area contributed by atoms with Crippen LogP contribution in [0.5, 0.6) is 0 Å². The van der Waals surface area contributed by atoms with Gasteiger partial charge in [0.05, 0.1) is 10.9 Å². The first-order valence-corrected chi connectivity index (χ1v) is 10.4. The second-order valence-electron chi connectivity index (χ2n) is 7.09. The summed E-state index contributed by atoms with van der Waals surface area (Å²) in [6, 6.07) is 16.9. The van der Waals surface area contributed by atoms with Gasteiger partial charge < -0.3 is 10.4 Å². The van der Waals surface area contributed by atoms with Crippen LogP contribution in [0.2, 0.25) is 0 Å². The molecule has 0 aliphatic rings. The summed E-state index contributed by atoms with van der Waals surface area (Å²) in [4.78, 5) is 42.4. The fourth-order valence-corrected chi connectivity index (χ4v) is 4.23. The van der Waals surface area contributed by atoms with E-state index in [4.69, 9.17) is 0 Å². The van der Waals surface area contributed by atoms with Crippen LogP contribution in [0.3, 0.4) is 0 Å². The number of carbonyl (C=O) groups is 2. The summed E-state index contributed by atoms with van der Waals surface area (Å²) in [5, 5.41) is 13.7. The molecule has 0 aliphatic heterocycles. The van der Waals surface area contributed by atoms with Crippen LogP contribution >= 0.6 is 11.3 Å². The largest absolute Gasteiger partial charge is 0.478 e. The van der Waals surface area contributed by atoms with Crippen molar-refractivity contribution in [3.8, 4) is 11.4 Å². The van der Waals surface area contributed by atoms with Crippen LogP contribution in [-0.4, -0.2) is 26.5 Å². The van der Waals surface area contributed by atoms with Gasteiger partial charge in [0.15, 0.2) is 0 Å². The summed E-state index contributed by atoms with van der Waals surface area (Å²) >= 11 is 1.10. The minimum atomic E-state index is -1.20. The zero-order valence-electron chi connectivity index (χ0n) is 16.7. The molecule has 0 radical (unpaired) electrons. The van der Waals surface area contributed by atoms with Crippen LogP contribution in [0.25, 0.3) is 21.6 Å². The van der Waals surface area contributed by atoms with Gasteiger partial charge in [-0.05, 0) is 18.6 Å². The van der Waals surface area contributed by atoms with E-state index in [1.807, 2.05) is 61.5 Å². The van der Waals surface area contributed by atoms with Crippen molar-refractivity contribution in [1.29, 1.82) is 0 Å². The van der Waals surface area contributed by atoms with Gasteiger partial charge in [-0.2, -0.15) is 0 Å². The average Bonchev–Trinajstić information content (AvgIpc) is 3.19. The number of carboxylic acid groups (broad SMARTS) is 1. The summed E-state index contributed by atoms with van der Waals surface area (Å²) in [6.45, 7) is 1.97. The van der Waals surface area contributed by atoms with Gasteiger partial charge >= 0.3 is 5.97 Å². The number of benzene rings is 2. The van der Waals surface area contributed by atoms with E-state index in [1.165, 1.54) is 9.95 Å². The molecular formula is C23H19N3O4S. The number of rotatable bonds is 6. The highest BCUT2D eigenvalue weighted by Crippen LogP contribution is 2.25. The number of aryl methyl sites for hydroxylation is 1. The SMILES string of the molecule is Cc1cccc(-c2nc3scc(C(=O)O)c3c(=O)n2CC(=O)NCc2ccccc2)c1. The molecule has 0 atom stereocenters. The smallest absolute Gasteiger partial charge is 0.337 e. The number of aromatic carboxylic acids is 1. The van der Waals surface area contributed by atoms with Crippen molar-refractivity contribution < 1.29 is 14.7 Å². The number of carbonyl (C=O) groups excluding carboxylic acids is 1. The minimum Gasteiger partial charge on any atom is -0.478 e. The van der Waals surface area contributed by atoms with Gasteiger partial charge in [-0.1, -0.05) is 54.1 Å². The fraction of sp³-hybridized carbons (Fsp3) is 0.130. The number of fused-ring (bicyclic) bond motifs is 1. The van der Waals surface area contributed by atoms with Gasteiger partial charge in [0.1, 0.15) is 17.2 Å². The Balaban J connectivity index is 1.77. The molecule has 0 aliphatic carbocycles. The standard InChI is InChI=1S/C23H19N3O4S/c1-14-6-5-9-16(10-14)20-25-21-19(17(13-31-21)23(29)30)22(28)26(20)12-18(27)24-11-15-7-3-2-4-8-15/h2-10,13H,11-12H2,1H3,(H,24,27)(H,29,30). The van der Waals surface area contributed by atoms with Gasteiger partial charge in [0.25, 0.3) is 5.56 Å². The Bertz CT molecular complexity index is 1340. The third kappa shape index (κ3) is 4.24. The number of amides is 1. The maximum atomic E-state index is 13.3. The first-order chi connectivity index (χ1) is 14.9. The van der Waals surface area contributed by atoms with Gasteiger partial charge in [0.2, 0.25) is 5.91 Å².